The number of carbonyl (C=O) groups is 1. The minimum Gasteiger partial charge on any atom is -0.381 e. The minimum atomic E-state index is -0.608. The fourth-order valence-electron chi connectivity index (χ4n) is 7.02. The first-order valence-electron chi connectivity index (χ1n) is 16.4. The zero-order valence-corrected chi connectivity index (χ0v) is 26.0. The molecule has 9 nitrogen and oxygen atoms in total. The Morgan fingerprint density at radius 3 is 2.41 bits per heavy atom. The quantitative estimate of drug-likeness (QED) is 0.214. The van der Waals surface area contributed by atoms with Crippen LogP contribution in [0.3, 0.4) is 0 Å². The van der Waals surface area contributed by atoms with Crippen LogP contribution in [0, 0.1) is 11.6 Å². The second-order valence-electron chi connectivity index (χ2n) is 12.6. The molecule has 3 fully saturated rings. The maximum atomic E-state index is 13.8. The summed E-state index contributed by atoms with van der Waals surface area (Å²) in [6.07, 6.45) is 4.52. The van der Waals surface area contributed by atoms with Gasteiger partial charge in [-0.3, -0.25) is 14.8 Å². The Bertz CT molecular complexity index is 1650. The Balaban J connectivity index is 1.10. The SMILES string of the molecule is O=C(Nc1n[nH]c2ccc(Cc3cc(F)cc(F)c3)cc12)c1ccc(N2CCN(C3CCNCC3)CC2)cc1NC1CCOCC1. The first-order valence-corrected chi connectivity index (χ1v) is 16.4. The molecule has 0 spiro atoms. The maximum absolute atomic E-state index is 13.8. The Kier molecular flexibility index (Phi) is 9.14. The van der Waals surface area contributed by atoms with E-state index in [2.05, 4.69) is 42.0 Å². The number of ether oxygens (including phenoxy) is 1. The van der Waals surface area contributed by atoms with Crippen LogP contribution in [-0.2, 0) is 11.2 Å². The molecule has 242 valence electrons. The van der Waals surface area contributed by atoms with Crippen molar-refractivity contribution in [2.24, 2.45) is 0 Å². The molecule has 0 aliphatic carbocycles. The Labute approximate surface area is 267 Å². The molecule has 4 aromatic rings. The highest BCUT2D eigenvalue weighted by Crippen LogP contribution is 2.30. The molecule has 7 rings (SSSR count). The van der Waals surface area contributed by atoms with Gasteiger partial charge in [0.2, 0.25) is 0 Å². The van der Waals surface area contributed by atoms with E-state index in [0.717, 1.165) is 86.0 Å². The van der Waals surface area contributed by atoms with Crippen molar-refractivity contribution in [3.63, 3.8) is 0 Å². The van der Waals surface area contributed by atoms with E-state index in [4.69, 9.17) is 4.74 Å². The summed E-state index contributed by atoms with van der Waals surface area (Å²) in [5.74, 6) is -1.07. The van der Waals surface area contributed by atoms with Crippen molar-refractivity contribution in [1.82, 2.24) is 20.4 Å². The standard InChI is InChI=1S/C35H41F2N7O2/c36-25-18-24(19-26(37)21-25)17-23-1-4-32-31(20-23)34(42-41-32)40-35(45)30-3-2-29(22-33(30)39-27-7-15-46-16-8-27)44-13-11-43(12-14-44)28-5-9-38-10-6-28/h1-4,18-22,27-28,38-39H,5-17H2,(H2,40,41,42,45). The Morgan fingerprint density at radius 1 is 0.891 bits per heavy atom. The van der Waals surface area contributed by atoms with Gasteiger partial charge in [0.25, 0.3) is 5.91 Å². The molecule has 0 radical (unpaired) electrons. The third kappa shape index (κ3) is 7.01. The first-order chi connectivity index (χ1) is 22.5. The summed E-state index contributed by atoms with van der Waals surface area (Å²) in [4.78, 5) is 18.9. The Morgan fingerprint density at radius 2 is 1.65 bits per heavy atom. The van der Waals surface area contributed by atoms with E-state index < -0.39 is 11.6 Å². The molecular formula is C35H41F2N7O2. The molecule has 0 unspecified atom stereocenters. The van der Waals surface area contributed by atoms with Crippen LogP contribution in [0.15, 0.2) is 54.6 Å². The van der Waals surface area contributed by atoms with E-state index in [0.29, 0.717) is 42.6 Å². The molecule has 3 aromatic carbocycles. The van der Waals surface area contributed by atoms with Crippen molar-refractivity contribution in [3.8, 4) is 0 Å². The lowest BCUT2D eigenvalue weighted by Gasteiger charge is -2.41. The van der Waals surface area contributed by atoms with Gasteiger partial charge in [0.05, 0.1) is 11.1 Å². The maximum Gasteiger partial charge on any atom is 0.258 e. The van der Waals surface area contributed by atoms with E-state index in [9.17, 15) is 13.6 Å². The molecule has 0 saturated carbocycles. The third-order valence-corrected chi connectivity index (χ3v) is 9.52. The number of piperazine rings is 1. The van der Waals surface area contributed by atoms with Gasteiger partial charge in [0.1, 0.15) is 11.6 Å². The number of H-pyrrole nitrogens is 1. The summed E-state index contributed by atoms with van der Waals surface area (Å²) < 4.78 is 33.1. The predicted molar refractivity (Wildman–Crippen MR) is 177 cm³/mol. The van der Waals surface area contributed by atoms with Gasteiger partial charge in [-0.15, -0.1) is 0 Å². The summed E-state index contributed by atoms with van der Waals surface area (Å²) in [5.41, 5.74) is 4.59. The van der Waals surface area contributed by atoms with Gasteiger partial charge in [0, 0.05) is 74.3 Å². The molecule has 4 heterocycles. The highest BCUT2D eigenvalue weighted by molar-refractivity contribution is 6.11. The van der Waals surface area contributed by atoms with Crippen molar-refractivity contribution in [2.45, 2.75) is 44.2 Å². The number of piperidine rings is 1. The molecule has 0 atom stereocenters. The average Bonchev–Trinajstić information content (AvgIpc) is 3.46. The lowest BCUT2D eigenvalue weighted by Crippen LogP contribution is -2.52. The normalized spacial score (nSPS) is 18.6. The van der Waals surface area contributed by atoms with E-state index in [1.165, 1.54) is 25.0 Å². The van der Waals surface area contributed by atoms with Crippen LogP contribution in [0.1, 0.15) is 47.2 Å². The van der Waals surface area contributed by atoms with Crippen molar-refractivity contribution >= 4 is 34.0 Å². The predicted octanol–water partition coefficient (Wildman–Crippen LogP) is 5.15. The molecule has 1 aromatic heterocycles. The van der Waals surface area contributed by atoms with E-state index >= 15 is 0 Å². The molecule has 46 heavy (non-hydrogen) atoms. The van der Waals surface area contributed by atoms with Gasteiger partial charge in [0.15, 0.2) is 5.82 Å². The number of carbonyl (C=O) groups excluding carboxylic acids is 1. The monoisotopic (exact) mass is 629 g/mol. The van der Waals surface area contributed by atoms with Crippen molar-refractivity contribution < 1.29 is 18.3 Å². The highest BCUT2D eigenvalue weighted by Gasteiger charge is 2.26. The second-order valence-corrected chi connectivity index (χ2v) is 12.6. The number of benzene rings is 3. The number of rotatable bonds is 8. The molecular weight excluding hydrogens is 588 g/mol. The van der Waals surface area contributed by atoms with Crippen molar-refractivity contribution in [1.29, 1.82) is 0 Å². The van der Waals surface area contributed by atoms with Gasteiger partial charge in [-0.2, -0.15) is 5.10 Å². The highest BCUT2D eigenvalue weighted by atomic mass is 19.1. The lowest BCUT2D eigenvalue weighted by molar-refractivity contribution is 0.0904. The van der Waals surface area contributed by atoms with Crippen LogP contribution in [0.25, 0.3) is 10.9 Å². The van der Waals surface area contributed by atoms with Gasteiger partial charge < -0.3 is 25.6 Å². The molecule has 4 N–H and O–H groups in total. The number of nitrogens with one attached hydrogen (secondary N) is 4. The van der Waals surface area contributed by atoms with Crippen LogP contribution < -0.4 is 20.9 Å². The van der Waals surface area contributed by atoms with Crippen LogP contribution >= 0.6 is 0 Å². The molecule has 3 aliphatic heterocycles. The number of halogens is 2. The number of amides is 1. The number of aromatic amines is 1. The zero-order chi connectivity index (χ0) is 31.5. The molecule has 0 bridgehead atoms. The van der Waals surface area contributed by atoms with Gasteiger partial charge >= 0.3 is 0 Å². The summed E-state index contributed by atoms with van der Waals surface area (Å²) in [6.45, 7) is 7.58. The topological polar surface area (TPSA) is 97.6 Å². The molecule has 11 heteroatoms. The lowest BCUT2D eigenvalue weighted by atomic mass is 10.0. The largest absolute Gasteiger partial charge is 0.381 e. The molecule has 1 amide bonds. The number of fused-ring (bicyclic) bond motifs is 1. The second kappa shape index (κ2) is 13.7. The summed E-state index contributed by atoms with van der Waals surface area (Å²) in [6, 6.07) is 16.1. The fourth-order valence-corrected chi connectivity index (χ4v) is 7.02. The van der Waals surface area contributed by atoms with Crippen LogP contribution in [-0.4, -0.2) is 85.6 Å². The number of anilines is 3. The smallest absolute Gasteiger partial charge is 0.258 e. The van der Waals surface area contributed by atoms with Gasteiger partial charge in [-0.1, -0.05) is 6.07 Å². The van der Waals surface area contributed by atoms with E-state index in [1.54, 1.807) is 0 Å². The van der Waals surface area contributed by atoms with Crippen LogP contribution in [0.5, 0.6) is 0 Å². The molecule has 3 aliphatic rings. The first kappa shape index (κ1) is 30.6. The van der Waals surface area contributed by atoms with E-state index in [1.807, 2.05) is 30.3 Å². The number of aromatic nitrogens is 2. The summed E-state index contributed by atoms with van der Waals surface area (Å²) in [7, 11) is 0. The van der Waals surface area contributed by atoms with Gasteiger partial charge in [-0.05, 0) is 98.8 Å². The van der Waals surface area contributed by atoms with Crippen molar-refractivity contribution in [3.05, 3.63) is 82.9 Å². The zero-order valence-electron chi connectivity index (χ0n) is 26.0. The summed E-state index contributed by atoms with van der Waals surface area (Å²) >= 11 is 0. The molecule has 3 saturated heterocycles. The van der Waals surface area contributed by atoms with E-state index in [-0.39, 0.29) is 11.9 Å². The third-order valence-electron chi connectivity index (χ3n) is 9.52. The Hall–Kier alpha value is -4.06. The summed E-state index contributed by atoms with van der Waals surface area (Å²) in [5, 5.41) is 18.2. The fraction of sp³-hybridized carbons (Fsp3) is 0.429. The number of hydrogen-bond acceptors (Lipinski definition) is 7. The number of nitrogens with zero attached hydrogens (tertiary/aromatic N) is 3. The van der Waals surface area contributed by atoms with Crippen LogP contribution in [0.4, 0.5) is 26.0 Å². The van der Waals surface area contributed by atoms with Crippen LogP contribution in [0.2, 0.25) is 0 Å². The number of hydrogen-bond donors (Lipinski definition) is 4. The average molecular weight is 630 g/mol. The van der Waals surface area contributed by atoms with Crippen molar-refractivity contribution in [2.75, 3.05) is 68.0 Å². The van der Waals surface area contributed by atoms with Gasteiger partial charge in [-0.25, -0.2) is 8.78 Å². The minimum absolute atomic E-state index is 0.216.